The molecule has 4 nitrogen and oxygen atoms in total. The Morgan fingerprint density at radius 2 is 2.29 bits per heavy atom. The van der Waals surface area contributed by atoms with Crippen LogP contribution >= 0.6 is 11.3 Å². The maximum atomic E-state index is 5.73. The van der Waals surface area contributed by atoms with Crippen molar-refractivity contribution in [1.29, 1.82) is 0 Å². The lowest BCUT2D eigenvalue weighted by Crippen LogP contribution is -2.04. The Bertz CT molecular complexity index is 449. The summed E-state index contributed by atoms with van der Waals surface area (Å²) in [6, 6.07) is 5.69. The van der Waals surface area contributed by atoms with Crippen LogP contribution in [-0.4, -0.2) is 12.1 Å². The second-order valence-electron chi connectivity index (χ2n) is 3.42. The van der Waals surface area contributed by atoms with Gasteiger partial charge in [-0.3, -0.25) is 0 Å². The van der Waals surface area contributed by atoms with Gasteiger partial charge in [-0.2, -0.15) is 0 Å². The normalized spacial score (nSPS) is 10.2. The van der Waals surface area contributed by atoms with Crippen molar-refractivity contribution in [3.63, 3.8) is 0 Å². The van der Waals surface area contributed by atoms with E-state index in [0.29, 0.717) is 24.7 Å². The Balaban J connectivity index is 2.18. The van der Waals surface area contributed by atoms with Gasteiger partial charge >= 0.3 is 0 Å². The number of hydrogen-bond donors (Lipinski definition) is 1. The molecule has 2 rings (SSSR count). The number of ether oxygens (including phenoxy) is 2. The highest BCUT2D eigenvalue weighted by atomic mass is 32.1. The Labute approximate surface area is 104 Å². The van der Waals surface area contributed by atoms with Crippen molar-refractivity contribution in [2.75, 3.05) is 7.11 Å². The number of benzene rings is 1. The third-order valence-corrected chi connectivity index (χ3v) is 2.98. The van der Waals surface area contributed by atoms with Crippen molar-refractivity contribution in [2.45, 2.75) is 13.2 Å². The molecule has 0 saturated heterocycles. The number of thiazole rings is 1. The van der Waals surface area contributed by atoms with Crippen LogP contribution in [0.25, 0.3) is 0 Å². The minimum Gasteiger partial charge on any atom is -0.493 e. The van der Waals surface area contributed by atoms with Gasteiger partial charge in [-0.1, -0.05) is 12.1 Å². The van der Waals surface area contributed by atoms with E-state index in [1.165, 1.54) is 0 Å². The summed E-state index contributed by atoms with van der Waals surface area (Å²) >= 11 is 1.55. The molecule has 0 saturated carbocycles. The van der Waals surface area contributed by atoms with E-state index in [-0.39, 0.29) is 0 Å². The van der Waals surface area contributed by atoms with Gasteiger partial charge in [-0.15, -0.1) is 11.3 Å². The van der Waals surface area contributed by atoms with E-state index in [0.717, 1.165) is 11.3 Å². The predicted octanol–water partition coefficient (Wildman–Crippen LogP) is 2.19. The molecule has 2 aromatic rings. The van der Waals surface area contributed by atoms with Gasteiger partial charge in [-0.25, -0.2) is 4.98 Å². The third-order valence-electron chi connectivity index (χ3n) is 2.35. The molecule has 0 atom stereocenters. The van der Waals surface area contributed by atoms with Crippen LogP contribution in [0.5, 0.6) is 11.5 Å². The third kappa shape index (κ3) is 2.75. The molecule has 17 heavy (non-hydrogen) atoms. The number of nitrogens with zero attached hydrogens (tertiary/aromatic N) is 1. The number of hydrogen-bond acceptors (Lipinski definition) is 5. The van der Waals surface area contributed by atoms with E-state index in [2.05, 4.69) is 4.98 Å². The van der Waals surface area contributed by atoms with Crippen LogP contribution in [0, 0.1) is 0 Å². The molecule has 1 heterocycles. The van der Waals surface area contributed by atoms with Gasteiger partial charge in [0.15, 0.2) is 11.5 Å². The van der Waals surface area contributed by atoms with Crippen molar-refractivity contribution in [2.24, 2.45) is 5.73 Å². The van der Waals surface area contributed by atoms with Gasteiger partial charge in [0.2, 0.25) is 0 Å². The second-order valence-corrected chi connectivity index (χ2v) is 4.14. The molecule has 2 N–H and O–H groups in total. The molecular formula is C12H14N2O2S. The van der Waals surface area contributed by atoms with Gasteiger partial charge in [0, 0.05) is 17.5 Å². The number of methoxy groups -OCH3 is 1. The Morgan fingerprint density at radius 3 is 2.94 bits per heavy atom. The summed E-state index contributed by atoms with van der Waals surface area (Å²) in [5.74, 6) is 1.40. The highest BCUT2D eigenvalue weighted by Crippen LogP contribution is 2.31. The summed E-state index contributed by atoms with van der Waals surface area (Å²) in [5.41, 5.74) is 9.29. The molecule has 0 unspecified atom stereocenters. The fourth-order valence-corrected chi connectivity index (χ4v) is 2.04. The van der Waals surface area contributed by atoms with E-state index in [9.17, 15) is 0 Å². The number of nitrogens with two attached hydrogens (primary N) is 1. The molecule has 1 aromatic heterocycles. The van der Waals surface area contributed by atoms with E-state index < -0.39 is 0 Å². The molecule has 5 heteroatoms. The average Bonchev–Trinajstić information content (AvgIpc) is 2.88. The molecule has 0 spiro atoms. The lowest BCUT2D eigenvalue weighted by molar-refractivity contribution is 0.278. The fourth-order valence-electron chi connectivity index (χ4n) is 1.50. The van der Waals surface area contributed by atoms with Crippen molar-refractivity contribution in [3.05, 3.63) is 40.3 Å². The molecule has 90 valence electrons. The van der Waals surface area contributed by atoms with Crippen LogP contribution in [-0.2, 0) is 13.2 Å². The monoisotopic (exact) mass is 250 g/mol. The summed E-state index contributed by atoms with van der Waals surface area (Å²) in [5, 5.41) is 1.96. The minimum absolute atomic E-state index is 0.420. The largest absolute Gasteiger partial charge is 0.493 e. The van der Waals surface area contributed by atoms with Crippen LogP contribution in [0.15, 0.2) is 29.1 Å². The molecule has 0 fully saturated rings. The van der Waals surface area contributed by atoms with E-state index in [1.807, 2.05) is 23.6 Å². The van der Waals surface area contributed by atoms with E-state index >= 15 is 0 Å². The summed E-state index contributed by atoms with van der Waals surface area (Å²) in [6.07, 6.45) is 0. The summed E-state index contributed by atoms with van der Waals surface area (Å²) in [6.45, 7) is 0.848. The van der Waals surface area contributed by atoms with Crippen molar-refractivity contribution >= 4 is 11.3 Å². The topological polar surface area (TPSA) is 57.4 Å². The highest BCUT2D eigenvalue weighted by molar-refractivity contribution is 7.07. The highest BCUT2D eigenvalue weighted by Gasteiger charge is 2.09. The first kappa shape index (κ1) is 11.9. The first-order valence-electron chi connectivity index (χ1n) is 5.21. The zero-order valence-electron chi connectivity index (χ0n) is 9.55. The van der Waals surface area contributed by atoms with Crippen molar-refractivity contribution < 1.29 is 9.47 Å². The van der Waals surface area contributed by atoms with Crippen molar-refractivity contribution in [1.82, 2.24) is 4.98 Å². The van der Waals surface area contributed by atoms with Crippen LogP contribution in [0.1, 0.15) is 11.3 Å². The predicted molar refractivity (Wildman–Crippen MR) is 67.3 cm³/mol. The first-order chi connectivity index (χ1) is 8.35. The standard InChI is InChI=1S/C12H14N2O2S/c1-15-11-4-2-3-9(5-13)12(11)16-6-10-7-17-8-14-10/h2-4,7-8H,5-6,13H2,1H3. The quantitative estimate of drug-likeness (QED) is 0.883. The van der Waals surface area contributed by atoms with Crippen LogP contribution < -0.4 is 15.2 Å². The second kappa shape index (κ2) is 5.65. The van der Waals surface area contributed by atoms with E-state index in [4.69, 9.17) is 15.2 Å². The fraction of sp³-hybridized carbons (Fsp3) is 0.250. The summed E-state index contributed by atoms with van der Waals surface area (Å²) in [4.78, 5) is 4.16. The summed E-state index contributed by atoms with van der Waals surface area (Å²) < 4.78 is 11.0. The maximum absolute atomic E-state index is 5.73. The zero-order valence-corrected chi connectivity index (χ0v) is 10.4. The molecule has 0 aliphatic heterocycles. The number of para-hydroxylation sites is 1. The molecule has 0 bridgehead atoms. The molecule has 0 amide bonds. The van der Waals surface area contributed by atoms with E-state index in [1.54, 1.807) is 24.0 Å². The molecular weight excluding hydrogens is 236 g/mol. The number of rotatable bonds is 5. The lowest BCUT2D eigenvalue weighted by atomic mass is 10.2. The lowest BCUT2D eigenvalue weighted by Gasteiger charge is -2.13. The molecule has 0 aliphatic carbocycles. The molecule has 1 aromatic carbocycles. The SMILES string of the molecule is COc1cccc(CN)c1OCc1cscn1. The van der Waals surface area contributed by atoms with Crippen LogP contribution in [0.4, 0.5) is 0 Å². The molecule has 0 aliphatic rings. The zero-order chi connectivity index (χ0) is 12.1. The Hall–Kier alpha value is -1.59. The number of aromatic nitrogens is 1. The molecule has 0 radical (unpaired) electrons. The van der Waals surface area contributed by atoms with Crippen LogP contribution in [0.3, 0.4) is 0 Å². The Morgan fingerprint density at radius 1 is 1.41 bits per heavy atom. The smallest absolute Gasteiger partial charge is 0.166 e. The van der Waals surface area contributed by atoms with Gasteiger partial charge in [0.25, 0.3) is 0 Å². The average molecular weight is 250 g/mol. The van der Waals surface area contributed by atoms with Gasteiger partial charge < -0.3 is 15.2 Å². The van der Waals surface area contributed by atoms with Crippen molar-refractivity contribution in [3.8, 4) is 11.5 Å². The van der Waals surface area contributed by atoms with Gasteiger partial charge in [0.1, 0.15) is 6.61 Å². The maximum Gasteiger partial charge on any atom is 0.166 e. The first-order valence-corrected chi connectivity index (χ1v) is 6.15. The van der Waals surface area contributed by atoms with Crippen LogP contribution in [0.2, 0.25) is 0 Å². The minimum atomic E-state index is 0.420. The van der Waals surface area contributed by atoms with Gasteiger partial charge in [-0.05, 0) is 6.07 Å². The summed E-state index contributed by atoms with van der Waals surface area (Å²) in [7, 11) is 1.62. The Kier molecular flexibility index (Phi) is 3.95. The van der Waals surface area contributed by atoms with Gasteiger partial charge in [0.05, 0.1) is 18.3 Å².